The Morgan fingerprint density at radius 2 is 2.04 bits per heavy atom. The molecule has 4 nitrogen and oxygen atoms in total. The van der Waals surface area contributed by atoms with E-state index in [0.717, 1.165) is 10.9 Å². The van der Waals surface area contributed by atoms with Gasteiger partial charge in [0.2, 0.25) is 5.78 Å². The summed E-state index contributed by atoms with van der Waals surface area (Å²) in [4.78, 5) is 25.7. The molecule has 0 aliphatic carbocycles. The van der Waals surface area contributed by atoms with E-state index in [4.69, 9.17) is 9.47 Å². The predicted octanol–water partition coefficient (Wildman–Crippen LogP) is 5.03. The molecule has 0 amide bonds. The molecule has 6 heteroatoms. The molecular formula is C21H13FO4S. The maximum atomic E-state index is 13.3. The van der Waals surface area contributed by atoms with Crippen molar-refractivity contribution in [3.05, 3.63) is 87.1 Å². The van der Waals surface area contributed by atoms with Gasteiger partial charge in [-0.1, -0.05) is 12.1 Å². The summed E-state index contributed by atoms with van der Waals surface area (Å²) in [6.45, 7) is 1.74. The van der Waals surface area contributed by atoms with Crippen molar-refractivity contribution in [1.82, 2.24) is 0 Å². The molecule has 3 aromatic rings. The van der Waals surface area contributed by atoms with Gasteiger partial charge in [0.15, 0.2) is 5.76 Å². The van der Waals surface area contributed by atoms with Crippen molar-refractivity contribution in [2.24, 2.45) is 0 Å². The van der Waals surface area contributed by atoms with Crippen LogP contribution >= 0.6 is 11.3 Å². The van der Waals surface area contributed by atoms with Crippen LogP contribution in [0.1, 0.15) is 31.2 Å². The molecule has 27 heavy (non-hydrogen) atoms. The monoisotopic (exact) mass is 380 g/mol. The first-order chi connectivity index (χ1) is 13.0. The molecule has 0 N–H and O–H groups in total. The molecule has 0 fully saturated rings. The molecule has 1 aromatic heterocycles. The second-order valence-corrected chi connectivity index (χ2v) is 6.95. The van der Waals surface area contributed by atoms with Gasteiger partial charge in [0.05, 0.1) is 11.1 Å². The molecule has 0 bridgehead atoms. The normalized spacial score (nSPS) is 14.1. The summed E-state index contributed by atoms with van der Waals surface area (Å²) in [6.07, 6.45) is 1.69. The third kappa shape index (κ3) is 3.39. The van der Waals surface area contributed by atoms with E-state index in [1.165, 1.54) is 35.6 Å². The lowest BCUT2D eigenvalue weighted by Crippen LogP contribution is -2.09. The summed E-state index contributed by atoms with van der Waals surface area (Å²) in [5, 5.41) is 1.91. The van der Waals surface area contributed by atoms with Crippen molar-refractivity contribution in [2.75, 3.05) is 0 Å². The zero-order valence-corrected chi connectivity index (χ0v) is 15.0. The second-order valence-electron chi connectivity index (χ2n) is 5.97. The number of halogens is 1. The van der Waals surface area contributed by atoms with Gasteiger partial charge in [-0.15, -0.1) is 11.3 Å². The minimum absolute atomic E-state index is 0.100. The molecule has 0 saturated heterocycles. The lowest BCUT2D eigenvalue weighted by Gasteiger charge is -2.08. The van der Waals surface area contributed by atoms with Crippen LogP contribution in [0.3, 0.4) is 0 Å². The van der Waals surface area contributed by atoms with Gasteiger partial charge >= 0.3 is 5.97 Å². The van der Waals surface area contributed by atoms with Crippen molar-refractivity contribution >= 4 is 29.2 Å². The average molecular weight is 380 g/mol. The number of fused-ring (bicyclic) bond motifs is 1. The summed E-state index contributed by atoms with van der Waals surface area (Å²) in [6, 6.07) is 12.1. The van der Waals surface area contributed by atoms with Crippen molar-refractivity contribution in [1.29, 1.82) is 0 Å². The van der Waals surface area contributed by atoms with Crippen LogP contribution in [0.5, 0.6) is 11.5 Å². The SMILES string of the molecule is Cc1cc(OC(=O)c2cccc(F)c2)cc2c1C(=O)/C(=C/c1cccs1)O2. The van der Waals surface area contributed by atoms with E-state index in [0.29, 0.717) is 16.9 Å². The molecule has 4 rings (SSSR count). The Balaban J connectivity index is 1.62. The Bertz CT molecular complexity index is 1080. The van der Waals surface area contributed by atoms with Crippen LogP contribution in [-0.4, -0.2) is 11.8 Å². The molecular weight excluding hydrogens is 367 g/mol. The van der Waals surface area contributed by atoms with Gasteiger partial charge in [-0.05, 0) is 48.2 Å². The largest absolute Gasteiger partial charge is 0.452 e. The lowest BCUT2D eigenvalue weighted by atomic mass is 10.0. The summed E-state index contributed by atoms with van der Waals surface area (Å²) in [7, 11) is 0. The Kier molecular flexibility index (Phi) is 4.33. The molecule has 2 heterocycles. The minimum Gasteiger partial charge on any atom is -0.452 e. The number of hydrogen-bond acceptors (Lipinski definition) is 5. The highest BCUT2D eigenvalue weighted by Gasteiger charge is 2.30. The molecule has 1 aliphatic rings. The number of benzene rings is 2. The number of ether oxygens (including phenoxy) is 2. The summed E-state index contributed by atoms with van der Waals surface area (Å²) in [5.41, 5.74) is 1.18. The van der Waals surface area contributed by atoms with Crippen molar-refractivity contribution < 1.29 is 23.5 Å². The lowest BCUT2D eigenvalue weighted by molar-refractivity contribution is 0.0734. The quantitative estimate of drug-likeness (QED) is 0.363. The highest BCUT2D eigenvalue weighted by Crippen LogP contribution is 2.38. The van der Waals surface area contributed by atoms with E-state index in [-0.39, 0.29) is 22.9 Å². The molecule has 0 unspecified atom stereocenters. The van der Waals surface area contributed by atoms with Gasteiger partial charge in [-0.25, -0.2) is 9.18 Å². The fraction of sp³-hybridized carbons (Fsp3) is 0.0476. The van der Waals surface area contributed by atoms with Crippen molar-refractivity contribution in [3.63, 3.8) is 0 Å². The average Bonchev–Trinajstić information content (AvgIpc) is 3.24. The minimum atomic E-state index is -0.687. The number of esters is 1. The van der Waals surface area contributed by atoms with Crippen LogP contribution in [0, 0.1) is 12.7 Å². The fourth-order valence-electron chi connectivity index (χ4n) is 2.82. The number of thiophene rings is 1. The molecule has 0 saturated carbocycles. The third-order valence-corrected chi connectivity index (χ3v) is 4.85. The number of hydrogen-bond donors (Lipinski definition) is 0. The summed E-state index contributed by atoms with van der Waals surface area (Å²) >= 11 is 1.50. The van der Waals surface area contributed by atoms with Gasteiger partial charge in [0.25, 0.3) is 0 Å². The van der Waals surface area contributed by atoms with Gasteiger partial charge in [0.1, 0.15) is 17.3 Å². The summed E-state index contributed by atoms with van der Waals surface area (Å²) in [5.74, 6) is -0.627. The van der Waals surface area contributed by atoms with Crippen LogP contribution in [0.15, 0.2) is 59.7 Å². The fourth-order valence-corrected chi connectivity index (χ4v) is 3.47. The number of allylic oxidation sites excluding steroid dienone is 1. The molecule has 0 radical (unpaired) electrons. The Morgan fingerprint density at radius 3 is 2.78 bits per heavy atom. The Morgan fingerprint density at radius 1 is 1.19 bits per heavy atom. The molecule has 134 valence electrons. The molecule has 0 atom stereocenters. The Labute approximate surface area is 158 Å². The first-order valence-corrected chi connectivity index (χ1v) is 8.99. The number of rotatable bonds is 3. The van der Waals surface area contributed by atoms with E-state index in [2.05, 4.69) is 0 Å². The number of carbonyl (C=O) groups is 2. The molecule has 2 aromatic carbocycles. The van der Waals surface area contributed by atoms with Crippen LogP contribution in [0.2, 0.25) is 0 Å². The van der Waals surface area contributed by atoms with Gasteiger partial charge in [-0.3, -0.25) is 4.79 Å². The third-order valence-electron chi connectivity index (χ3n) is 4.03. The van der Waals surface area contributed by atoms with Gasteiger partial charge in [0, 0.05) is 17.0 Å². The van der Waals surface area contributed by atoms with Crippen molar-refractivity contribution in [3.8, 4) is 11.5 Å². The van der Waals surface area contributed by atoms with E-state index in [9.17, 15) is 14.0 Å². The second kappa shape index (κ2) is 6.81. The number of carbonyl (C=O) groups excluding carboxylic acids is 2. The van der Waals surface area contributed by atoms with Crippen molar-refractivity contribution in [2.45, 2.75) is 6.92 Å². The first kappa shape index (κ1) is 17.2. The van der Waals surface area contributed by atoms with Crippen LogP contribution in [0.4, 0.5) is 4.39 Å². The maximum absolute atomic E-state index is 13.3. The van der Waals surface area contributed by atoms with Gasteiger partial charge in [-0.2, -0.15) is 0 Å². The first-order valence-electron chi connectivity index (χ1n) is 8.11. The zero-order chi connectivity index (χ0) is 19.0. The number of Topliss-reactive ketones (excluding diaryl/α,β-unsaturated/α-hetero) is 1. The van der Waals surface area contributed by atoms with Crippen LogP contribution in [0.25, 0.3) is 6.08 Å². The van der Waals surface area contributed by atoms with E-state index in [1.54, 1.807) is 19.1 Å². The molecule has 0 spiro atoms. The predicted molar refractivity (Wildman–Crippen MR) is 99.8 cm³/mol. The molecule has 1 aliphatic heterocycles. The Hall–Kier alpha value is -3.25. The topological polar surface area (TPSA) is 52.6 Å². The standard InChI is InChI=1S/C21H13FO4S/c1-12-8-15(25-21(24)13-4-2-5-14(22)9-13)10-17-19(12)20(23)18(26-17)11-16-6-3-7-27-16/h2-11H,1H3/b18-11-. The van der Waals surface area contributed by atoms with E-state index < -0.39 is 11.8 Å². The van der Waals surface area contributed by atoms with Gasteiger partial charge < -0.3 is 9.47 Å². The highest BCUT2D eigenvalue weighted by molar-refractivity contribution is 7.10. The maximum Gasteiger partial charge on any atom is 0.343 e. The van der Waals surface area contributed by atoms with E-state index >= 15 is 0 Å². The number of aryl methyl sites for hydroxylation is 1. The zero-order valence-electron chi connectivity index (χ0n) is 14.2. The van der Waals surface area contributed by atoms with E-state index in [1.807, 2.05) is 17.5 Å². The van der Waals surface area contributed by atoms with Crippen LogP contribution < -0.4 is 9.47 Å². The number of ketones is 1. The van der Waals surface area contributed by atoms with Crippen LogP contribution in [-0.2, 0) is 0 Å². The summed E-state index contributed by atoms with van der Waals surface area (Å²) < 4.78 is 24.3. The smallest absolute Gasteiger partial charge is 0.343 e. The highest BCUT2D eigenvalue weighted by atomic mass is 32.1.